The van der Waals surface area contributed by atoms with Gasteiger partial charge < -0.3 is 42.5 Å². The molecule has 0 spiro atoms. The van der Waals surface area contributed by atoms with Gasteiger partial charge in [0.1, 0.15) is 23.0 Å². The molecule has 4 aromatic rings. The molecule has 4 rings (SSSR count). The molecule has 40 heavy (non-hydrogen) atoms. The number of benzene rings is 4. The molecular formula is C32H40N4O4. The highest BCUT2D eigenvalue weighted by Crippen LogP contribution is 2.38. The molecule has 212 valence electrons. The fraction of sp³-hybridized carbons (Fsp3) is 0.250. The summed E-state index contributed by atoms with van der Waals surface area (Å²) in [6.07, 6.45) is 0. The Bertz CT molecular complexity index is 1220. The first-order valence-electron chi connectivity index (χ1n) is 13.4. The predicted molar refractivity (Wildman–Crippen MR) is 159 cm³/mol. The van der Waals surface area contributed by atoms with Crippen molar-refractivity contribution in [1.29, 1.82) is 0 Å². The number of phenolic OH excluding ortho intramolecular Hbond substituents is 4. The largest absolute Gasteiger partial charge is 0.508 e. The van der Waals surface area contributed by atoms with E-state index in [2.05, 4.69) is 10.6 Å². The molecule has 0 aliphatic carbocycles. The quantitative estimate of drug-likeness (QED) is 0.125. The van der Waals surface area contributed by atoms with E-state index in [0.29, 0.717) is 37.7 Å². The average Bonchev–Trinajstić information content (AvgIpc) is 2.97. The summed E-state index contributed by atoms with van der Waals surface area (Å²) in [6, 6.07) is 28.8. The Hall–Kier alpha value is -4.08. The molecule has 2 atom stereocenters. The molecule has 0 fully saturated rings. The Morgan fingerprint density at radius 3 is 1.12 bits per heavy atom. The normalized spacial score (nSPS) is 12.2. The van der Waals surface area contributed by atoms with Gasteiger partial charge in [-0.05, 0) is 48.5 Å². The molecule has 0 amide bonds. The Balaban J connectivity index is 0.000000220. The van der Waals surface area contributed by atoms with Crippen LogP contribution in [0.5, 0.6) is 23.0 Å². The average molecular weight is 545 g/mol. The number of rotatable bonds is 12. The van der Waals surface area contributed by atoms with Crippen molar-refractivity contribution in [2.75, 3.05) is 26.2 Å². The first-order chi connectivity index (χ1) is 19.5. The Labute approximate surface area is 235 Å². The second-order valence-electron chi connectivity index (χ2n) is 9.41. The fourth-order valence-corrected chi connectivity index (χ4v) is 4.56. The third-order valence-electron chi connectivity index (χ3n) is 6.76. The molecule has 0 heterocycles. The zero-order valence-electron chi connectivity index (χ0n) is 22.6. The van der Waals surface area contributed by atoms with Crippen LogP contribution in [0.2, 0.25) is 0 Å². The summed E-state index contributed by atoms with van der Waals surface area (Å²) in [7, 11) is 0. The second kappa shape index (κ2) is 16.1. The van der Waals surface area contributed by atoms with Gasteiger partial charge in [-0.1, -0.05) is 72.8 Å². The SMILES string of the molecule is NCC(c1ccccc1O)C(CN)c1ccccc1O.Oc1ccccc1CNCCNCc1ccccc1O. The number of nitrogens with two attached hydrogens (primary N) is 2. The Kier molecular flexibility index (Phi) is 12.3. The van der Waals surface area contributed by atoms with Gasteiger partial charge in [0.25, 0.3) is 0 Å². The van der Waals surface area contributed by atoms with Crippen LogP contribution < -0.4 is 22.1 Å². The zero-order valence-corrected chi connectivity index (χ0v) is 22.6. The van der Waals surface area contributed by atoms with E-state index < -0.39 is 0 Å². The molecule has 0 aliphatic rings. The van der Waals surface area contributed by atoms with Gasteiger partial charge in [0.05, 0.1) is 0 Å². The van der Waals surface area contributed by atoms with Gasteiger partial charge in [-0.3, -0.25) is 0 Å². The van der Waals surface area contributed by atoms with Crippen LogP contribution in [-0.2, 0) is 13.1 Å². The first-order valence-corrected chi connectivity index (χ1v) is 13.4. The summed E-state index contributed by atoms with van der Waals surface area (Å²) in [5, 5.41) is 45.8. The standard InChI is InChI=1S/2C16H20N2O2/c17-9-13(11-5-1-3-7-15(11)19)14(10-18)12-6-2-4-8-16(12)20;19-15-7-3-1-5-13(15)11-17-9-10-18-12-14-6-2-4-8-16(14)20/h1-8,13-14,19-20H,9-10,17-18H2;1-8,17-20H,9-12H2. The van der Waals surface area contributed by atoms with Crippen molar-refractivity contribution in [3.05, 3.63) is 119 Å². The molecule has 10 N–H and O–H groups in total. The minimum atomic E-state index is -0.144. The van der Waals surface area contributed by atoms with Crippen LogP contribution in [0.3, 0.4) is 0 Å². The monoisotopic (exact) mass is 544 g/mol. The highest BCUT2D eigenvalue weighted by molar-refractivity contribution is 5.42. The van der Waals surface area contributed by atoms with Gasteiger partial charge in [0.2, 0.25) is 0 Å². The van der Waals surface area contributed by atoms with E-state index >= 15 is 0 Å². The smallest absolute Gasteiger partial charge is 0.120 e. The number of hydrogen-bond donors (Lipinski definition) is 8. The molecule has 8 heteroatoms. The van der Waals surface area contributed by atoms with E-state index in [-0.39, 0.29) is 23.3 Å². The van der Waals surface area contributed by atoms with Crippen LogP contribution in [0.25, 0.3) is 0 Å². The lowest BCUT2D eigenvalue weighted by atomic mass is 9.80. The molecule has 2 unspecified atom stereocenters. The topological polar surface area (TPSA) is 157 Å². The summed E-state index contributed by atoms with van der Waals surface area (Å²) in [5.74, 6) is 0.766. The summed E-state index contributed by atoms with van der Waals surface area (Å²) >= 11 is 0. The van der Waals surface area contributed by atoms with Gasteiger partial charge in [-0.2, -0.15) is 0 Å². The molecule has 0 aliphatic heterocycles. The molecule has 0 saturated heterocycles. The number of nitrogens with one attached hydrogen (secondary N) is 2. The summed E-state index contributed by atoms with van der Waals surface area (Å²) in [4.78, 5) is 0. The minimum Gasteiger partial charge on any atom is -0.508 e. The van der Waals surface area contributed by atoms with Crippen LogP contribution in [-0.4, -0.2) is 46.6 Å². The molecule has 0 aromatic heterocycles. The van der Waals surface area contributed by atoms with Crippen LogP contribution in [0.1, 0.15) is 34.1 Å². The van der Waals surface area contributed by atoms with E-state index in [1.807, 2.05) is 60.7 Å². The van der Waals surface area contributed by atoms with Crippen molar-refractivity contribution in [2.45, 2.75) is 24.9 Å². The van der Waals surface area contributed by atoms with Crippen molar-refractivity contribution in [1.82, 2.24) is 10.6 Å². The highest BCUT2D eigenvalue weighted by atomic mass is 16.3. The predicted octanol–water partition coefficient (Wildman–Crippen LogP) is 3.86. The molecule has 0 radical (unpaired) electrons. The van der Waals surface area contributed by atoms with Crippen molar-refractivity contribution >= 4 is 0 Å². The third-order valence-corrected chi connectivity index (χ3v) is 6.76. The van der Waals surface area contributed by atoms with Crippen LogP contribution in [0, 0.1) is 0 Å². The van der Waals surface area contributed by atoms with Crippen molar-refractivity contribution in [3.63, 3.8) is 0 Å². The lowest BCUT2D eigenvalue weighted by molar-refractivity contribution is 0.434. The molecule has 0 bridgehead atoms. The number of phenols is 4. The van der Waals surface area contributed by atoms with E-state index in [1.165, 1.54) is 0 Å². The van der Waals surface area contributed by atoms with Crippen molar-refractivity contribution in [2.24, 2.45) is 11.5 Å². The van der Waals surface area contributed by atoms with Gasteiger partial charge in [0, 0.05) is 49.1 Å². The van der Waals surface area contributed by atoms with E-state index in [1.54, 1.807) is 36.4 Å². The lowest BCUT2D eigenvalue weighted by Crippen LogP contribution is -2.26. The van der Waals surface area contributed by atoms with Gasteiger partial charge in [-0.25, -0.2) is 0 Å². The van der Waals surface area contributed by atoms with Crippen molar-refractivity contribution in [3.8, 4) is 23.0 Å². The van der Waals surface area contributed by atoms with E-state index in [9.17, 15) is 20.4 Å². The maximum atomic E-state index is 10.0. The van der Waals surface area contributed by atoms with Crippen molar-refractivity contribution < 1.29 is 20.4 Å². The maximum absolute atomic E-state index is 10.0. The second-order valence-corrected chi connectivity index (χ2v) is 9.41. The van der Waals surface area contributed by atoms with Crippen LogP contribution >= 0.6 is 0 Å². The number of aromatic hydroxyl groups is 4. The number of hydrogen-bond acceptors (Lipinski definition) is 8. The number of para-hydroxylation sites is 4. The van der Waals surface area contributed by atoms with Crippen LogP contribution in [0.15, 0.2) is 97.1 Å². The molecule has 8 nitrogen and oxygen atoms in total. The molecular weight excluding hydrogens is 504 g/mol. The highest BCUT2D eigenvalue weighted by Gasteiger charge is 2.26. The Morgan fingerprint density at radius 2 is 0.800 bits per heavy atom. The Morgan fingerprint density at radius 1 is 0.475 bits per heavy atom. The van der Waals surface area contributed by atoms with Crippen LogP contribution in [0.4, 0.5) is 0 Å². The van der Waals surface area contributed by atoms with Gasteiger partial charge in [0.15, 0.2) is 0 Å². The minimum absolute atomic E-state index is 0.144. The molecule has 4 aromatic carbocycles. The lowest BCUT2D eigenvalue weighted by Gasteiger charge is -2.27. The van der Waals surface area contributed by atoms with Gasteiger partial charge in [-0.15, -0.1) is 0 Å². The van der Waals surface area contributed by atoms with E-state index in [4.69, 9.17) is 11.5 Å². The fourth-order valence-electron chi connectivity index (χ4n) is 4.56. The zero-order chi connectivity index (χ0) is 28.7. The van der Waals surface area contributed by atoms with E-state index in [0.717, 1.165) is 35.3 Å². The van der Waals surface area contributed by atoms with Gasteiger partial charge >= 0.3 is 0 Å². The third kappa shape index (κ3) is 8.72. The molecule has 0 saturated carbocycles. The first kappa shape index (κ1) is 30.5. The summed E-state index contributed by atoms with van der Waals surface area (Å²) in [6.45, 7) is 3.56. The maximum Gasteiger partial charge on any atom is 0.120 e. The summed E-state index contributed by atoms with van der Waals surface area (Å²) in [5.41, 5.74) is 15.1. The summed E-state index contributed by atoms with van der Waals surface area (Å²) < 4.78 is 0.